The lowest BCUT2D eigenvalue weighted by molar-refractivity contribution is 0.139. The molecular weight excluding hydrogens is 250 g/mol. The van der Waals surface area contributed by atoms with Gasteiger partial charge < -0.3 is 15.3 Å². The lowest BCUT2D eigenvalue weighted by atomic mass is 9.98. The van der Waals surface area contributed by atoms with Gasteiger partial charge >= 0.3 is 0 Å². The third kappa shape index (κ3) is 3.73. The summed E-state index contributed by atoms with van der Waals surface area (Å²) in [6, 6.07) is 1.47. The fraction of sp³-hybridized carbons (Fsp3) is 1.00. The third-order valence-corrected chi connectivity index (χ3v) is 5.35. The molecule has 116 valence electrons. The average Bonchev–Trinajstić information content (AvgIpc) is 3.19. The Labute approximate surface area is 123 Å². The van der Waals surface area contributed by atoms with Crippen LogP contribution in [0.2, 0.25) is 0 Å². The smallest absolute Gasteiger partial charge is 0.0611 e. The second kappa shape index (κ2) is 6.30. The topological polar surface area (TPSA) is 38.7 Å². The van der Waals surface area contributed by atoms with Crippen molar-refractivity contribution in [1.29, 1.82) is 0 Å². The standard InChI is InChI=1S/C16H31N3O/c1-16(13-20,17-14-5-6-14)7-11-18-8-3-10-19-9-2-4-15(19)12-18/h14-15,17,20H,2-13H2,1H3. The zero-order valence-corrected chi connectivity index (χ0v) is 13.0. The van der Waals surface area contributed by atoms with E-state index in [0.717, 1.165) is 19.0 Å². The molecule has 3 fully saturated rings. The van der Waals surface area contributed by atoms with E-state index in [1.54, 1.807) is 0 Å². The summed E-state index contributed by atoms with van der Waals surface area (Å²) in [6.07, 6.45) is 7.71. The molecule has 1 saturated carbocycles. The van der Waals surface area contributed by atoms with E-state index >= 15 is 0 Å². The summed E-state index contributed by atoms with van der Waals surface area (Å²) >= 11 is 0. The van der Waals surface area contributed by atoms with E-state index in [4.69, 9.17) is 0 Å². The Kier molecular flexibility index (Phi) is 4.65. The lowest BCUT2D eigenvalue weighted by Gasteiger charge is -2.33. The molecule has 2 atom stereocenters. The Balaban J connectivity index is 1.48. The summed E-state index contributed by atoms with van der Waals surface area (Å²) in [4.78, 5) is 5.33. The SMILES string of the molecule is CC(CO)(CCN1CCCN2CCCC2C1)NC1CC1. The highest BCUT2D eigenvalue weighted by Crippen LogP contribution is 2.25. The number of rotatable bonds is 6. The fourth-order valence-corrected chi connectivity index (χ4v) is 3.81. The highest BCUT2D eigenvalue weighted by Gasteiger charge is 2.33. The number of aliphatic hydroxyl groups is 1. The van der Waals surface area contributed by atoms with Crippen LogP contribution in [-0.4, -0.2) is 71.9 Å². The Hall–Kier alpha value is -0.160. The molecule has 4 nitrogen and oxygen atoms in total. The van der Waals surface area contributed by atoms with Crippen molar-refractivity contribution >= 4 is 0 Å². The van der Waals surface area contributed by atoms with Gasteiger partial charge in [-0.15, -0.1) is 0 Å². The molecule has 2 saturated heterocycles. The molecule has 0 amide bonds. The maximum absolute atomic E-state index is 9.71. The normalized spacial score (nSPS) is 31.8. The number of aliphatic hydroxyl groups excluding tert-OH is 1. The van der Waals surface area contributed by atoms with Crippen molar-refractivity contribution < 1.29 is 5.11 Å². The fourth-order valence-electron chi connectivity index (χ4n) is 3.81. The minimum Gasteiger partial charge on any atom is -0.394 e. The summed E-state index contributed by atoms with van der Waals surface area (Å²) in [5, 5.41) is 13.3. The number of fused-ring (bicyclic) bond motifs is 1. The molecule has 0 aromatic carbocycles. The number of hydrogen-bond donors (Lipinski definition) is 2. The predicted octanol–water partition coefficient (Wildman–Crippen LogP) is 1.05. The Morgan fingerprint density at radius 3 is 2.70 bits per heavy atom. The summed E-state index contributed by atoms with van der Waals surface area (Å²) < 4.78 is 0. The molecule has 0 spiro atoms. The maximum Gasteiger partial charge on any atom is 0.0611 e. The number of nitrogens with one attached hydrogen (secondary N) is 1. The van der Waals surface area contributed by atoms with Gasteiger partial charge in [0.25, 0.3) is 0 Å². The molecule has 3 aliphatic rings. The van der Waals surface area contributed by atoms with Crippen molar-refractivity contribution in [3.8, 4) is 0 Å². The van der Waals surface area contributed by atoms with Crippen molar-refractivity contribution in [1.82, 2.24) is 15.1 Å². The first-order valence-corrected chi connectivity index (χ1v) is 8.53. The van der Waals surface area contributed by atoms with Crippen LogP contribution < -0.4 is 5.32 Å². The van der Waals surface area contributed by atoms with Crippen LogP contribution in [0.5, 0.6) is 0 Å². The van der Waals surface area contributed by atoms with Crippen LogP contribution >= 0.6 is 0 Å². The molecular formula is C16H31N3O. The Morgan fingerprint density at radius 2 is 1.95 bits per heavy atom. The predicted molar refractivity (Wildman–Crippen MR) is 81.9 cm³/mol. The van der Waals surface area contributed by atoms with Crippen molar-refractivity contribution in [3.05, 3.63) is 0 Å². The molecule has 2 unspecified atom stereocenters. The van der Waals surface area contributed by atoms with E-state index in [1.807, 2.05) is 0 Å². The van der Waals surface area contributed by atoms with Crippen molar-refractivity contribution in [2.45, 2.75) is 63.1 Å². The van der Waals surface area contributed by atoms with E-state index in [-0.39, 0.29) is 12.1 Å². The minimum absolute atomic E-state index is 0.0805. The van der Waals surface area contributed by atoms with Crippen LogP contribution in [0.1, 0.15) is 45.4 Å². The first-order valence-electron chi connectivity index (χ1n) is 8.53. The Morgan fingerprint density at radius 1 is 1.15 bits per heavy atom. The lowest BCUT2D eigenvalue weighted by Crippen LogP contribution is -2.49. The summed E-state index contributed by atoms with van der Waals surface area (Å²) in [5.41, 5.74) is -0.0805. The highest BCUT2D eigenvalue weighted by molar-refractivity contribution is 4.93. The van der Waals surface area contributed by atoms with Crippen LogP contribution in [0, 0.1) is 0 Å². The molecule has 0 aromatic rings. The van der Waals surface area contributed by atoms with Crippen LogP contribution in [0.4, 0.5) is 0 Å². The monoisotopic (exact) mass is 281 g/mol. The summed E-state index contributed by atoms with van der Waals surface area (Å²) in [7, 11) is 0. The van der Waals surface area contributed by atoms with Gasteiger partial charge in [0, 0.05) is 30.7 Å². The van der Waals surface area contributed by atoms with Crippen molar-refractivity contribution in [2.24, 2.45) is 0 Å². The third-order valence-electron chi connectivity index (χ3n) is 5.35. The van der Waals surface area contributed by atoms with Crippen molar-refractivity contribution in [3.63, 3.8) is 0 Å². The molecule has 20 heavy (non-hydrogen) atoms. The van der Waals surface area contributed by atoms with E-state index < -0.39 is 0 Å². The molecule has 3 rings (SSSR count). The van der Waals surface area contributed by atoms with E-state index in [2.05, 4.69) is 22.0 Å². The zero-order chi connectivity index (χ0) is 14.0. The molecule has 2 heterocycles. The van der Waals surface area contributed by atoms with Gasteiger partial charge in [-0.1, -0.05) is 0 Å². The molecule has 1 aliphatic carbocycles. The highest BCUT2D eigenvalue weighted by atomic mass is 16.3. The quantitative estimate of drug-likeness (QED) is 0.763. The average molecular weight is 281 g/mol. The maximum atomic E-state index is 9.71. The van der Waals surface area contributed by atoms with Gasteiger partial charge in [-0.3, -0.25) is 4.90 Å². The Bertz CT molecular complexity index is 321. The van der Waals surface area contributed by atoms with Gasteiger partial charge in [0.05, 0.1) is 6.61 Å². The molecule has 0 radical (unpaired) electrons. The zero-order valence-electron chi connectivity index (χ0n) is 13.0. The molecule has 2 N–H and O–H groups in total. The van der Waals surface area contributed by atoms with Crippen molar-refractivity contribution in [2.75, 3.05) is 39.3 Å². The number of hydrogen-bond acceptors (Lipinski definition) is 4. The van der Waals surface area contributed by atoms with E-state index in [9.17, 15) is 5.11 Å². The first-order chi connectivity index (χ1) is 9.68. The minimum atomic E-state index is -0.0805. The van der Waals surface area contributed by atoms with Crippen LogP contribution in [0.15, 0.2) is 0 Å². The summed E-state index contributed by atoms with van der Waals surface area (Å²) in [6.45, 7) is 8.65. The second-order valence-corrected chi connectivity index (χ2v) is 7.37. The van der Waals surface area contributed by atoms with Gasteiger partial charge in [-0.2, -0.15) is 0 Å². The van der Waals surface area contributed by atoms with Gasteiger partial charge in [0.15, 0.2) is 0 Å². The van der Waals surface area contributed by atoms with Crippen LogP contribution in [-0.2, 0) is 0 Å². The molecule has 0 bridgehead atoms. The largest absolute Gasteiger partial charge is 0.394 e. The van der Waals surface area contributed by atoms with Gasteiger partial charge in [-0.25, -0.2) is 0 Å². The van der Waals surface area contributed by atoms with E-state index in [1.165, 1.54) is 58.3 Å². The molecule has 4 heteroatoms. The molecule has 2 aliphatic heterocycles. The molecule has 0 aromatic heterocycles. The van der Waals surface area contributed by atoms with E-state index in [0.29, 0.717) is 6.04 Å². The van der Waals surface area contributed by atoms with Gasteiger partial charge in [0.2, 0.25) is 0 Å². The second-order valence-electron chi connectivity index (χ2n) is 7.37. The number of nitrogens with zero attached hydrogens (tertiary/aromatic N) is 2. The van der Waals surface area contributed by atoms with Crippen LogP contribution in [0.25, 0.3) is 0 Å². The van der Waals surface area contributed by atoms with Crippen LogP contribution in [0.3, 0.4) is 0 Å². The van der Waals surface area contributed by atoms with Gasteiger partial charge in [0.1, 0.15) is 0 Å². The summed E-state index contributed by atoms with van der Waals surface area (Å²) in [5.74, 6) is 0. The van der Waals surface area contributed by atoms with Gasteiger partial charge in [-0.05, 0) is 65.1 Å². The first kappa shape index (κ1) is 14.8.